The maximum absolute atomic E-state index is 4.11. The van der Waals surface area contributed by atoms with Gasteiger partial charge in [0.25, 0.3) is 0 Å². The van der Waals surface area contributed by atoms with Crippen molar-refractivity contribution in [1.29, 1.82) is 0 Å². The number of aryl methyl sites for hydroxylation is 2. The second-order valence-corrected chi connectivity index (χ2v) is 5.44. The lowest BCUT2D eigenvalue weighted by Gasteiger charge is -2.04. The van der Waals surface area contributed by atoms with Gasteiger partial charge in [0.15, 0.2) is 0 Å². The first-order valence-corrected chi connectivity index (χ1v) is 8.14. The molecule has 4 heteroatoms. The first kappa shape index (κ1) is 14.6. The Bertz CT molecular complexity index is 286. The van der Waals surface area contributed by atoms with Crippen LogP contribution in [-0.4, -0.2) is 27.0 Å². The Kier molecular flexibility index (Phi) is 8.14. The zero-order valence-electron chi connectivity index (χ0n) is 11.2. The van der Waals surface area contributed by atoms with Crippen LogP contribution in [0.1, 0.15) is 51.1 Å². The average Bonchev–Trinajstić information content (AvgIpc) is 2.76. The van der Waals surface area contributed by atoms with Gasteiger partial charge in [0, 0.05) is 6.54 Å². The van der Waals surface area contributed by atoms with Crippen LogP contribution in [0.25, 0.3) is 0 Å². The highest BCUT2D eigenvalue weighted by Crippen LogP contribution is 2.09. The lowest BCUT2D eigenvalue weighted by Crippen LogP contribution is -2.04. The molecule has 1 aromatic rings. The molecule has 98 valence electrons. The zero-order valence-corrected chi connectivity index (χ0v) is 12.0. The van der Waals surface area contributed by atoms with E-state index in [9.17, 15) is 0 Å². The molecule has 0 bridgehead atoms. The van der Waals surface area contributed by atoms with Crippen LogP contribution in [-0.2, 0) is 13.0 Å². The quantitative estimate of drug-likeness (QED) is 0.599. The predicted molar refractivity (Wildman–Crippen MR) is 75.5 cm³/mol. The van der Waals surface area contributed by atoms with E-state index in [1.54, 1.807) is 0 Å². The number of thioether (sulfide) groups is 1. The standard InChI is InChI=1S/C13H25N3S/c1-3-10-16-13(12-14-15-16)9-7-5-4-6-8-11-17-2/h12H,3-11H2,1-2H3. The van der Waals surface area contributed by atoms with E-state index in [2.05, 4.69) is 23.5 Å². The summed E-state index contributed by atoms with van der Waals surface area (Å²) < 4.78 is 2.05. The van der Waals surface area contributed by atoms with Crippen LogP contribution in [0, 0.1) is 0 Å². The van der Waals surface area contributed by atoms with Crippen molar-refractivity contribution in [3.63, 3.8) is 0 Å². The molecule has 0 saturated carbocycles. The molecule has 1 heterocycles. The van der Waals surface area contributed by atoms with Gasteiger partial charge in [-0.3, -0.25) is 0 Å². The molecule has 0 aliphatic carbocycles. The molecule has 1 rings (SSSR count). The molecule has 0 spiro atoms. The summed E-state index contributed by atoms with van der Waals surface area (Å²) in [4.78, 5) is 0. The van der Waals surface area contributed by atoms with E-state index in [0.29, 0.717) is 0 Å². The molecular formula is C13H25N3S. The maximum atomic E-state index is 4.11. The number of rotatable bonds is 10. The van der Waals surface area contributed by atoms with Crippen molar-refractivity contribution in [1.82, 2.24) is 15.0 Å². The van der Waals surface area contributed by atoms with Crippen molar-refractivity contribution in [3.05, 3.63) is 11.9 Å². The molecule has 0 N–H and O–H groups in total. The minimum atomic E-state index is 1.00. The monoisotopic (exact) mass is 255 g/mol. The highest BCUT2D eigenvalue weighted by molar-refractivity contribution is 7.98. The third-order valence-corrected chi connectivity index (χ3v) is 3.61. The van der Waals surface area contributed by atoms with Crippen LogP contribution in [0.15, 0.2) is 6.20 Å². The van der Waals surface area contributed by atoms with Crippen molar-refractivity contribution >= 4 is 11.8 Å². The van der Waals surface area contributed by atoms with Crippen molar-refractivity contribution < 1.29 is 0 Å². The van der Waals surface area contributed by atoms with Crippen LogP contribution in [0.2, 0.25) is 0 Å². The smallest absolute Gasteiger partial charge is 0.0725 e. The Hall–Kier alpha value is -0.510. The molecule has 0 radical (unpaired) electrons. The van der Waals surface area contributed by atoms with Crippen molar-refractivity contribution in [3.8, 4) is 0 Å². The van der Waals surface area contributed by atoms with E-state index in [0.717, 1.165) is 19.4 Å². The Labute approximate surface area is 109 Å². The second kappa shape index (κ2) is 9.51. The van der Waals surface area contributed by atoms with Gasteiger partial charge >= 0.3 is 0 Å². The highest BCUT2D eigenvalue weighted by atomic mass is 32.2. The summed E-state index contributed by atoms with van der Waals surface area (Å²) in [5.41, 5.74) is 1.30. The summed E-state index contributed by atoms with van der Waals surface area (Å²) in [7, 11) is 0. The van der Waals surface area contributed by atoms with Gasteiger partial charge in [-0.05, 0) is 37.7 Å². The van der Waals surface area contributed by atoms with E-state index in [4.69, 9.17) is 0 Å². The minimum Gasteiger partial charge on any atom is -0.249 e. The first-order chi connectivity index (χ1) is 8.38. The van der Waals surface area contributed by atoms with Crippen LogP contribution in [0.4, 0.5) is 0 Å². The summed E-state index contributed by atoms with van der Waals surface area (Å²) in [6.07, 6.45) is 13.1. The summed E-state index contributed by atoms with van der Waals surface area (Å²) in [5.74, 6) is 1.31. The van der Waals surface area contributed by atoms with E-state index < -0.39 is 0 Å². The first-order valence-electron chi connectivity index (χ1n) is 6.74. The topological polar surface area (TPSA) is 30.7 Å². The molecule has 0 aromatic carbocycles. The van der Waals surface area contributed by atoms with E-state index in [-0.39, 0.29) is 0 Å². The number of hydrogen-bond donors (Lipinski definition) is 0. The molecule has 0 unspecified atom stereocenters. The van der Waals surface area contributed by atoms with E-state index in [1.165, 1.54) is 43.6 Å². The minimum absolute atomic E-state index is 1.00. The van der Waals surface area contributed by atoms with Gasteiger partial charge in [-0.25, -0.2) is 4.68 Å². The number of hydrogen-bond acceptors (Lipinski definition) is 3. The third kappa shape index (κ3) is 6.10. The van der Waals surface area contributed by atoms with Gasteiger partial charge in [-0.15, -0.1) is 5.10 Å². The van der Waals surface area contributed by atoms with Crippen LogP contribution >= 0.6 is 11.8 Å². The highest BCUT2D eigenvalue weighted by Gasteiger charge is 2.02. The largest absolute Gasteiger partial charge is 0.249 e. The van der Waals surface area contributed by atoms with Gasteiger partial charge in [0.05, 0.1) is 11.9 Å². The molecule has 1 aromatic heterocycles. The van der Waals surface area contributed by atoms with Gasteiger partial charge in [0.2, 0.25) is 0 Å². The van der Waals surface area contributed by atoms with Crippen molar-refractivity contribution in [2.45, 2.75) is 58.4 Å². The van der Waals surface area contributed by atoms with E-state index in [1.807, 2.05) is 22.6 Å². The van der Waals surface area contributed by atoms with Gasteiger partial charge in [-0.1, -0.05) is 31.4 Å². The van der Waals surface area contributed by atoms with Crippen LogP contribution < -0.4 is 0 Å². The average molecular weight is 255 g/mol. The lowest BCUT2D eigenvalue weighted by molar-refractivity contribution is 0.541. The summed E-state index contributed by atoms with van der Waals surface area (Å²) in [6.45, 7) is 3.18. The molecule has 0 amide bonds. The van der Waals surface area contributed by atoms with Crippen molar-refractivity contribution in [2.24, 2.45) is 0 Å². The molecule has 0 fully saturated rings. The number of unbranched alkanes of at least 4 members (excludes halogenated alkanes) is 4. The molecule has 0 atom stereocenters. The fraction of sp³-hybridized carbons (Fsp3) is 0.846. The number of aromatic nitrogens is 3. The molecule has 17 heavy (non-hydrogen) atoms. The van der Waals surface area contributed by atoms with Gasteiger partial charge < -0.3 is 0 Å². The van der Waals surface area contributed by atoms with Gasteiger partial charge in [-0.2, -0.15) is 11.8 Å². The molecule has 0 aliphatic rings. The van der Waals surface area contributed by atoms with Crippen LogP contribution in [0.3, 0.4) is 0 Å². The third-order valence-electron chi connectivity index (χ3n) is 2.91. The Morgan fingerprint density at radius 3 is 2.71 bits per heavy atom. The molecular weight excluding hydrogens is 230 g/mol. The van der Waals surface area contributed by atoms with Crippen LogP contribution in [0.5, 0.6) is 0 Å². The molecule has 0 aliphatic heterocycles. The zero-order chi connectivity index (χ0) is 12.3. The molecule has 3 nitrogen and oxygen atoms in total. The Morgan fingerprint density at radius 2 is 1.94 bits per heavy atom. The molecule has 0 saturated heterocycles. The Balaban J connectivity index is 2.07. The lowest BCUT2D eigenvalue weighted by atomic mass is 10.1. The Morgan fingerprint density at radius 1 is 1.18 bits per heavy atom. The fourth-order valence-corrected chi connectivity index (χ4v) is 2.45. The van der Waals surface area contributed by atoms with Crippen molar-refractivity contribution in [2.75, 3.05) is 12.0 Å². The summed E-state index contributed by atoms with van der Waals surface area (Å²) in [5, 5.41) is 8.10. The van der Waals surface area contributed by atoms with Gasteiger partial charge in [0.1, 0.15) is 0 Å². The fourth-order valence-electron chi connectivity index (χ4n) is 1.96. The second-order valence-electron chi connectivity index (χ2n) is 4.46. The SMILES string of the molecule is CCCn1nncc1CCCCCCCSC. The number of nitrogens with zero attached hydrogens (tertiary/aromatic N) is 3. The predicted octanol–water partition coefficient (Wildman–Crippen LogP) is 3.54. The van der Waals surface area contributed by atoms with E-state index >= 15 is 0 Å². The summed E-state index contributed by atoms with van der Waals surface area (Å²) >= 11 is 1.95. The maximum Gasteiger partial charge on any atom is 0.0725 e. The summed E-state index contributed by atoms with van der Waals surface area (Å²) in [6, 6.07) is 0. The normalized spacial score (nSPS) is 10.9.